The summed E-state index contributed by atoms with van der Waals surface area (Å²) in [6.07, 6.45) is -60.2. The highest BCUT2D eigenvalue weighted by atomic mass is 32.3. The molecule has 25 atom stereocenters. The predicted molar refractivity (Wildman–Crippen MR) is 274 cm³/mol. The molecule has 0 unspecified atom stereocenters. The van der Waals surface area contributed by atoms with Crippen LogP contribution >= 0.6 is 0 Å². The molecule has 5 fully saturated rings. The average Bonchev–Trinajstić information content (AvgIpc) is 0.767. The first-order valence-electron chi connectivity index (χ1n) is 24.9. The van der Waals surface area contributed by atoms with Gasteiger partial charge in [-0.15, -0.1) is 0 Å². The van der Waals surface area contributed by atoms with Gasteiger partial charge in [-0.1, -0.05) is 0 Å². The molecule has 0 radical (unpaired) electrons. The largest absolute Gasteiger partial charge is 0.479 e. The molecule has 0 saturated carbocycles. The van der Waals surface area contributed by atoms with E-state index in [0.717, 1.165) is 35.5 Å². The Balaban J connectivity index is 1.62. The average molecular weight is 1520 g/mol. The van der Waals surface area contributed by atoms with E-state index in [1.807, 2.05) is 0 Å². The molecule has 5 rings (SSSR count). The standard InChI is InChI=1S/C37H62O49S7/c1-64-14-11(8-71-87(43,44)45)75-34(27(68-5)17(14)65-2)79-20-18(66-3)28(69-6)36(81-24(20)31(38)39)78-16-13(10-73-89(49,50)51)76-37(30(86-93(61,62)63)23(16)84-91(55,56)57)80-21-19(67-4)29(70-7)35(82-25(21)32(40)41)77-15-12(9-72-88(46,47)48)74-33(42)26(85-92(58,59)60)22(15)83-90(52,53)54/h11-30,33-37,42H,8-10H2,1-7H3,(H,38,39)(H,40,41)(H,43,44,45)(H,46,47,48)(H,49,50,51)(H,52,53,54)(H,55,56,57)(H,58,59,60)(H,61,62,63)/t11-,12-,13-,14-,15-,16-,17-,18+,19+,20+,21+,22+,23+,24+,25-,26-,27-,28-,29-,30-,33+,34-,35+,36-,37-/m1/s1. The van der Waals surface area contributed by atoms with Gasteiger partial charge in [0, 0.05) is 49.8 Å². The van der Waals surface area contributed by atoms with E-state index >= 15 is 0 Å². The van der Waals surface area contributed by atoms with Crippen LogP contribution < -0.4 is 0 Å². The molecular formula is C37H62O49S7. The molecule has 0 aromatic heterocycles. The molecule has 93 heavy (non-hydrogen) atoms. The van der Waals surface area contributed by atoms with Crippen LogP contribution in [0.4, 0.5) is 0 Å². The number of aliphatic carboxylic acids is 2. The summed E-state index contributed by atoms with van der Waals surface area (Å²) in [4.78, 5) is 26.5. The second-order valence-corrected chi connectivity index (χ2v) is 26.5. The minimum absolute atomic E-state index is 0.691. The maximum absolute atomic E-state index is 13.3. The number of aliphatic hydroxyl groups excluding tert-OH is 1. The van der Waals surface area contributed by atoms with E-state index in [-0.39, 0.29) is 0 Å². The fraction of sp³-hybridized carbons (Fsp3) is 0.946. The van der Waals surface area contributed by atoms with Gasteiger partial charge in [0.2, 0.25) is 0 Å². The fourth-order valence-corrected chi connectivity index (χ4v) is 12.9. The first-order chi connectivity index (χ1) is 42.7. The Kier molecular flexibility index (Phi) is 28.4. The minimum atomic E-state index is -6.20. The first-order valence-corrected chi connectivity index (χ1v) is 34.5. The van der Waals surface area contributed by atoms with E-state index in [1.54, 1.807) is 0 Å². The predicted octanol–water partition coefficient (Wildman–Crippen LogP) is -8.37. The molecule has 546 valence electrons. The minimum Gasteiger partial charge on any atom is -0.479 e. The molecule has 49 nitrogen and oxygen atoms in total. The van der Waals surface area contributed by atoms with E-state index in [9.17, 15) is 116 Å². The quantitative estimate of drug-likeness (QED) is 0.0268. The van der Waals surface area contributed by atoms with Crippen LogP contribution in [0.3, 0.4) is 0 Å². The second-order valence-electron chi connectivity index (χ2n) is 19.1. The first kappa shape index (κ1) is 81.0. The monoisotopic (exact) mass is 1510 g/mol. The van der Waals surface area contributed by atoms with Crippen LogP contribution in [0.15, 0.2) is 0 Å². The van der Waals surface area contributed by atoms with Gasteiger partial charge >= 0.3 is 84.7 Å². The number of carboxylic acid groups (broad SMARTS) is 2. The van der Waals surface area contributed by atoms with Crippen molar-refractivity contribution < 1.29 is 221 Å². The van der Waals surface area contributed by atoms with Crippen molar-refractivity contribution in [3.8, 4) is 0 Å². The normalized spacial score (nSPS) is 37.9. The Bertz CT molecular complexity index is 3320. The lowest BCUT2D eigenvalue weighted by Gasteiger charge is -2.51. The highest BCUT2D eigenvalue weighted by Crippen LogP contribution is 2.41. The fourth-order valence-electron chi connectivity index (χ4n) is 10.0. The Morgan fingerprint density at radius 3 is 0.849 bits per heavy atom. The van der Waals surface area contributed by atoms with Gasteiger partial charge in [0.05, 0.1) is 19.8 Å². The van der Waals surface area contributed by atoms with Gasteiger partial charge in [0.15, 0.2) is 55.9 Å². The van der Waals surface area contributed by atoms with Crippen LogP contribution in [0.2, 0.25) is 0 Å². The number of hydrogen-bond donors (Lipinski definition) is 10. The summed E-state index contributed by atoms with van der Waals surface area (Å²) >= 11 is 0. The summed E-state index contributed by atoms with van der Waals surface area (Å²) in [6.45, 7) is -4.42. The molecule has 0 spiro atoms. The van der Waals surface area contributed by atoms with Crippen molar-refractivity contribution in [2.75, 3.05) is 69.6 Å². The highest BCUT2D eigenvalue weighted by molar-refractivity contribution is 7.82. The zero-order valence-corrected chi connectivity index (χ0v) is 53.5. The molecule has 0 bridgehead atoms. The summed E-state index contributed by atoms with van der Waals surface area (Å²) in [6, 6.07) is 0. The van der Waals surface area contributed by atoms with Crippen molar-refractivity contribution >= 4 is 84.7 Å². The van der Waals surface area contributed by atoms with Crippen molar-refractivity contribution in [1.29, 1.82) is 0 Å². The van der Waals surface area contributed by atoms with E-state index in [0.29, 0.717) is 14.2 Å². The SMILES string of the molecule is CO[C@@H]1[C@@H](OC)[C@H](O[C@H]2[C@H](OS(=O)(=O)O)[C@@H](OS(=O)(=O)O)[C@@H](O[C@H]3[C@H](OC)[C@@H](OC)[C@@H](O[C@H]4[C@H](OS(=O)(=O)O)[C@@H](OS(=O)(=O)O)[C@@H](O)O[C@@H]4COS(=O)(=O)O)O[C@H]3C(=O)O)O[C@@H]2COS(=O)(=O)O)O[C@H](C(=O)O)[C@H]1O[C@H]1O[C@H](COS(=O)(=O)O)[C@@H](OC)[C@@H](OC)[C@H]1OC. The molecule has 5 aliphatic heterocycles. The topological polar surface area (TPSA) is 688 Å². The molecule has 10 N–H and O–H groups in total. The maximum Gasteiger partial charge on any atom is 0.397 e. The summed E-state index contributed by atoms with van der Waals surface area (Å²) < 4.78 is 359. The van der Waals surface area contributed by atoms with Crippen LogP contribution in [-0.2, 0) is 187 Å². The second kappa shape index (κ2) is 32.6. The van der Waals surface area contributed by atoms with Crippen molar-refractivity contribution in [2.45, 2.75) is 154 Å². The van der Waals surface area contributed by atoms with Crippen molar-refractivity contribution in [3.05, 3.63) is 0 Å². The number of carbonyl (C=O) groups is 2. The number of methoxy groups -OCH3 is 7. The van der Waals surface area contributed by atoms with E-state index in [1.165, 1.54) is 0 Å². The van der Waals surface area contributed by atoms with Crippen LogP contribution in [0.25, 0.3) is 0 Å². The Morgan fingerprint density at radius 1 is 0.301 bits per heavy atom. The molecule has 0 aromatic rings. The molecule has 56 heteroatoms. The highest BCUT2D eigenvalue weighted by Gasteiger charge is 2.62. The molecular weight excluding hydrogens is 1450 g/mol. The molecule has 5 aliphatic rings. The van der Waals surface area contributed by atoms with Crippen molar-refractivity contribution in [2.24, 2.45) is 0 Å². The van der Waals surface area contributed by atoms with Crippen LogP contribution in [0, 0.1) is 0 Å². The lowest BCUT2D eigenvalue weighted by Crippen LogP contribution is -2.70. The summed E-state index contributed by atoms with van der Waals surface area (Å²) in [7, 11) is -34.3. The third kappa shape index (κ3) is 22.7. The summed E-state index contributed by atoms with van der Waals surface area (Å²) in [5.74, 6) is -4.31. The van der Waals surface area contributed by atoms with Crippen molar-refractivity contribution in [3.63, 3.8) is 0 Å². The summed E-state index contributed by atoms with van der Waals surface area (Å²) in [5.41, 5.74) is 0. The summed E-state index contributed by atoms with van der Waals surface area (Å²) in [5, 5.41) is 32.0. The number of carboxylic acids is 2. The zero-order chi connectivity index (χ0) is 70.5. The van der Waals surface area contributed by atoms with Gasteiger partial charge < -0.3 is 91.1 Å². The van der Waals surface area contributed by atoms with Crippen LogP contribution in [0.1, 0.15) is 0 Å². The van der Waals surface area contributed by atoms with Gasteiger partial charge in [-0.05, 0) is 0 Å². The molecule has 5 saturated heterocycles. The number of ether oxygens (including phenoxy) is 16. The Morgan fingerprint density at radius 2 is 0.548 bits per heavy atom. The van der Waals surface area contributed by atoms with Gasteiger partial charge in [-0.2, -0.15) is 58.9 Å². The third-order valence-corrected chi connectivity index (χ3v) is 16.6. The lowest BCUT2D eigenvalue weighted by molar-refractivity contribution is -0.388. The molecule has 0 aromatic carbocycles. The van der Waals surface area contributed by atoms with Crippen LogP contribution in [0.5, 0.6) is 0 Å². The van der Waals surface area contributed by atoms with Gasteiger partial charge in [-0.3, -0.25) is 31.9 Å². The molecule has 5 heterocycles. The van der Waals surface area contributed by atoms with Gasteiger partial charge in [0.1, 0.15) is 97.7 Å². The lowest BCUT2D eigenvalue weighted by atomic mass is 9.94. The third-order valence-electron chi connectivity index (χ3n) is 13.4. The zero-order valence-electron chi connectivity index (χ0n) is 47.8. The maximum atomic E-state index is 13.3. The van der Waals surface area contributed by atoms with E-state index in [4.69, 9.17) is 84.2 Å². The Labute approximate surface area is 526 Å². The van der Waals surface area contributed by atoms with E-state index in [2.05, 4.69) is 20.9 Å². The molecule has 0 aliphatic carbocycles. The van der Waals surface area contributed by atoms with Crippen molar-refractivity contribution in [1.82, 2.24) is 0 Å². The van der Waals surface area contributed by atoms with Gasteiger partial charge in [0.25, 0.3) is 0 Å². The molecule has 0 amide bonds. The van der Waals surface area contributed by atoms with E-state index < -0.39 is 258 Å². The number of rotatable bonds is 34. The number of aliphatic hydroxyl groups is 1. The van der Waals surface area contributed by atoms with Crippen LogP contribution in [-0.4, -0.2) is 341 Å². The van der Waals surface area contributed by atoms with Gasteiger partial charge in [-0.25, -0.2) is 38.9 Å². The smallest absolute Gasteiger partial charge is 0.397 e. The number of hydrogen-bond acceptors (Lipinski definition) is 40. The Hall–Kier alpha value is -2.65.